The summed E-state index contributed by atoms with van der Waals surface area (Å²) in [4.78, 5) is 29.5. The Bertz CT molecular complexity index is 730. The Balaban J connectivity index is 1.85. The number of hydrogen-bond acceptors (Lipinski definition) is 2. The topological polar surface area (TPSA) is 40.6 Å². The number of benzene rings is 2. The Morgan fingerprint density at radius 3 is 2.31 bits per heavy atom. The quantitative estimate of drug-likeness (QED) is 0.782. The molecule has 1 unspecified atom stereocenters. The number of amides is 2. The summed E-state index contributed by atoms with van der Waals surface area (Å²) < 4.78 is 0. The number of para-hydroxylation sites is 1. The molecular weight excluding hydrogens is 324 g/mol. The maximum atomic E-state index is 13.1. The Labute approximate surface area is 155 Å². The van der Waals surface area contributed by atoms with Crippen LogP contribution in [-0.4, -0.2) is 29.3 Å². The highest BCUT2D eigenvalue weighted by Gasteiger charge is 2.33. The molecule has 2 amide bonds. The summed E-state index contributed by atoms with van der Waals surface area (Å²) in [5, 5.41) is 0. The van der Waals surface area contributed by atoms with Gasteiger partial charge in [-0.15, -0.1) is 0 Å². The average molecular weight is 350 g/mol. The van der Waals surface area contributed by atoms with Crippen LogP contribution in [0.3, 0.4) is 0 Å². The van der Waals surface area contributed by atoms with Gasteiger partial charge in [-0.3, -0.25) is 14.5 Å². The lowest BCUT2D eigenvalue weighted by Gasteiger charge is -2.36. The van der Waals surface area contributed by atoms with Crippen LogP contribution in [0.2, 0.25) is 0 Å². The Morgan fingerprint density at radius 2 is 1.65 bits per heavy atom. The normalized spacial score (nSPS) is 17.0. The molecule has 0 aliphatic carbocycles. The SMILES string of the molecule is CCC1CCCCN1C(=O)C(=O)N(Cc1ccccc1)c1ccccc1. The van der Waals surface area contributed by atoms with Gasteiger partial charge in [0.15, 0.2) is 0 Å². The van der Waals surface area contributed by atoms with Crippen molar-refractivity contribution in [2.45, 2.75) is 45.2 Å². The zero-order chi connectivity index (χ0) is 18.4. The van der Waals surface area contributed by atoms with Crippen molar-refractivity contribution in [3.05, 3.63) is 66.2 Å². The Kier molecular flexibility index (Phi) is 6.05. The molecule has 0 radical (unpaired) electrons. The van der Waals surface area contributed by atoms with E-state index in [2.05, 4.69) is 6.92 Å². The first kappa shape index (κ1) is 18.2. The van der Waals surface area contributed by atoms with Gasteiger partial charge in [0.05, 0.1) is 6.54 Å². The molecule has 0 bridgehead atoms. The van der Waals surface area contributed by atoms with Crippen LogP contribution >= 0.6 is 0 Å². The standard InChI is InChI=1S/C22H26N2O2/c1-2-19-13-9-10-16-23(19)21(25)22(26)24(20-14-7-4-8-15-20)17-18-11-5-3-6-12-18/h3-8,11-12,14-15,19H,2,9-10,13,16-17H2,1H3. The lowest BCUT2D eigenvalue weighted by molar-refractivity contribution is -0.147. The number of rotatable bonds is 4. The van der Waals surface area contributed by atoms with E-state index >= 15 is 0 Å². The molecular formula is C22H26N2O2. The van der Waals surface area contributed by atoms with Crippen molar-refractivity contribution in [2.24, 2.45) is 0 Å². The predicted octanol–water partition coefficient (Wildman–Crippen LogP) is 4.01. The first-order valence-corrected chi connectivity index (χ1v) is 9.42. The third-order valence-electron chi connectivity index (χ3n) is 5.04. The lowest BCUT2D eigenvalue weighted by atomic mass is 10.00. The smallest absolute Gasteiger partial charge is 0.316 e. The molecule has 26 heavy (non-hydrogen) atoms. The van der Waals surface area contributed by atoms with E-state index in [4.69, 9.17) is 0 Å². The molecule has 2 aromatic carbocycles. The fraction of sp³-hybridized carbons (Fsp3) is 0.364. The highest BCUT2D eigenvalue weighted by molar-refractivity contribution is 6.40. The molecule has 136 valence electrons. The fourth-order valence-electron chi connectivity index (χ4n) is 3.58. The zero-order valence-corrected chi connectivity index (χ0v) is 15.3. The molecule has 1 aliphatic heterocycles. The van der Waals surface area contributed by atoms with E-state index in [1.165, 1.54) is 0 Å². The fourth-order valence-corrected chi connectivity index (χ4v) is 3.58. The van der Waals surface area contributed by atoms with Gasteiger partial charge >= 0.3 is 11.8 Å². The van der Waals surface area contributed by atoms with E-state index in [0.717, 1.165) is 36.9 Å². The second-order valence-electron chi connectivity index (χ2n) is 6.77. The minimum absolute atomic E-state index is 0.176. The van der Waals surface area contributed by atoms with Crippen molar-refractivity contribution in [2.75, 3.05) is 11.4 Å². The minimum Gasteiger partial charge on any atom is -0.331 e. The van der Waals surface area contributed by atoms with Crippen molar-refractivity contribution in [1.82, 2.24) is 4.90 Å². The first-order valence-electron chi connectivity index (χ1n) is 9.42. The van der Waals surface area contributed by atoms with Crippen LogP contribution in [0.5, 0.6) is 0 Å². The molecule has 1 fully saturated rings. The highest BCUT2D eigenvalue weighted by atomic mass is 16.2. The summed E-state index contributed by atoms with van der Waals surface area (Å²) in [6.45, 7) is 3.15. The van der Waals surface area contributed by atoms with Crippen LogP contribution in [0.25, 0.3) is 0 Å². The molecule has 1 atom stereocenters. The number of likely N-dealkylation sites (tertiary alicyclic amines) is 1. The van der Waals surface area contributed by atoms with Crippen LogP contribution < -0.4 is 4.90 Å². The summed E-state index contributed by atoms with van der Waals surface area (Å²) in [5.41, 5.74) is 1.75. The van der Waals surface area contributed by atoms with Crippen LogP contribution in [-0.2, 0) is 16.1 Å². The lowest BCUT2D eigenvalue weighted by Crippen LogP contribution is -2.51. The molecule has 0 saturated carbocycles. The van der Waals surface area contributed by atoms with E-state index in [0.29, 0.717) is 13.1 Å². The molecule has 0 spiro atoms. The van der Waals surface area contributed by atoms with Crippen molar-refractivity contribution in [3.8, 4) is 0 Å². The molecule has 1 aliphatic rings. The van der Waals surface area contributed by atoms with Crippen LogP contribution in [0.15, 0.2) is 60.7 Å². The molecule has 1 saturated heterocycles. The Morgan fingerprint density at radius 1 is 1.00 bits per heavy atom. The summed E-state index contributed by atoms with van der Waals surface area (Å²) in [6, 6.07) is 19.4. The first-order chi connectivity index (χ1) is 12.7. The minimum atomic E-state index is -0.444. The van der Waals surface area contributed by atoms with E-state index in [1.807, 2.05) is 60.7 Å². The maximum Gasteiger partial charge on any atom is 0.316 e. The average Bonchev–Trinajstić information content (AvgIpc) is 2.72. The molecule has 0 aromatic heterocycles. The summed E-state index contributed by atoms with van der Waals surface area (Å²) >= 11 is 0. The monoisotopic (exact) mass is 350 g/mol. The maximum absolute atomic E-state index is 13.1. The molecule has 3 rings (SSSR count). The molecule has 4 heteroatoms. The van der Waals surface area contributed by atoms with Gasteiger partial charge in [-0.05, 0) is 43.4 Å². The van der Waals surface area contributed by atoms with E-state index in [9.17, 15) is 9.59 Å². The number of nitrogens with zero attached hydrogens (tertiary/aromatic N) is 2. The van der Waals surface area contributed by atoms with Gasteiger partial charge in [0.2, 0.25) is 0 Å². The number of carbonyl (C=O) groups excluding carboxylic acids is 2. The second kappa shape index (κ2) is 8.65. The Hall–Kier alpha value is -2.62. The number of carbonyl (C=O) groups is 2. The van der Waals surface area contributed by atoms with Gasteiger partial charge in [-0.1, -0.05) is 55.5 Å². The third-order valence-corrected chi connectivity index (χ3v) is 5.04. The molecule has 0 N–H and O–H groups in total. The zero-order valence-electron chi connectivity index (χ0n) is 15.3. The highest BCUT2D eigenvalue weighted by Crippen LogP contribution is 2.22. The second-order valence-corrected chi connectivity index (χ2v) is 6.77. The number of hydrogen-bond donors (Lipinski definition) is 0. The molecule has 2 aromatic rings. The van der Waals surface area contributed by atoms with Gasteiger partial charge in [0, 0.05) is 18.3 Å². The summed E-state index contributed by atoms with van der Waals surface area (Å²) in [5.74, 6) is -0.822. The largest absolute Gasteiger partial charge is 0.331 e. The van der Waals surface area contributed by atoms with Crippen LogP contribution in [0, 0.1) is 0 Å². The van der Waals surface area contributed by atoms with Crippen LogP contribution in [0.4, 0.5) is 5.69 Å². The number of piperidine rings is 1. The molecule has 4 nitrogen and oxygen atoms in total. The van der Waals surface area contributed by atoms with Gasteiger partial charge in [0.1, 0.15) is 0 Å². The van der Waals surface area contributed by atoms with Crippen LogP contribution in [0.1, 0.15) is 38.2 Å². The van der Waals surface area contributed by atoms with Gasteiger partial charge in [0.25, 0.3) is 0 Å². The summed E-state index contributed by atoms with van der Waals surface area (Å²) in [7, 11) is 0. The predicted molar refractivity (Wildman–Crippen MR) is 104 cm³/mol. The van der Waals surface area contributed by atoms with Crippen molar-refractivity contribution < 1.29 is 9.59 Å². The van der Waals surface area contributed by atoms with Crippen molar-refractivity contribution in [3.63, 3.8) is 0 Å². The van der Waals surface area contributed by atoms with Crippen molar-refractivity contribution >= 4 is 17.5 Å². The van der Waals surface area contributed by atoms with E-state index < -0.39 is 5.91 Å². The number of anilines is 1. The molecule has 1 heterocycles. The van der Waals surface area contributed by atoms with E-state index in [-0.39, 0.29) is 11.9 Å². The van der Waals surface area contributed by atoms with E-state index in [1.54, 1.807) is 9.80 Å². The third kappa shape index (κ3) is 4.13. The van der Waals surface area contributed by atoms with Gasteiger partial charge in [-0.25, -0.2) is 0 Å². The van der Waals surface area contributed by atoms with Gasteiger partial charge in [-0.2, -0.15) is 0 Å². The van der Waals surface area contributed by atoms with Crippen molar-refractivity contribution in [1.29, 1.82) is 0 Å². The van der Waals surface area contributed by atoms with Gasteiger partial charge < -0.3 is 4.90 Å². The summed E-state index contributed by atoms with van der Waals surface area (Å²) in [6.07, 6.45) is 3.98.